The maximum Gasteiger partial charge on any atom is 0.321 e. The smallest absolute Gasteiger partial charge is 0.321 e. The van der Waals surface area contributed by atoms with Gasteiger partial charge in [-0.1, -0.05) is 36.7 Å². The van der Waals surface area contributed by atoms with E-state index in [-0.39, 0.29) is 0 Å². The monoisotopic (exact) mass is 430 g/mol. The van der Waals surface area contributed by atoms with Crippen LogP contribution in [0.15, 0.2) is 42.6 Å². The highest BCUT2D eigenvalue weighted by Crippen LogP contribution is 2.37. The van der Waals surface area contributed by atoms with Gasteiger partial charge < -0.3 is 24.9 Å². The van der Waals surface area contributed by atoms with Gasteiger partial charge in [-0.05, 0) is 42.7 Å². The van der Waals surface area contributed by atoms with Gasteiger partial charge in [0.1, 0.15) is 6.04 Å². The third-order valence-corrected chi connectivity index (χ3v) is 5.05. The number of ether oxygens (including phenoxy) is 2. The lowest BCUT2D eigenvalue weighted by Crippen LogP contribution is -2.38. The fraction of sp³-hybridized carbons (Fsp3) is 0.348. The van der Waals surface area contributed by atoms with E-state index >= 15 is 0 Å². The molecule has 6 nitrogen and oxygen atoms in total. The Hall–Kier alpha value is -2.70. The third kappa shape index (κ3) is 5.26. The van der Waals surface area contributed by atoms with Gasteiger partial charge >= 0.3 is 5.97 Å². The number of carboxylic acid groups (broad SMARTS) is 1. The Morgan fingerprint density at radius 1 is 1.23 bits per heavy atom. The fourth-order valence-electron chi connectivity index (χ4n) is 3.34. The number of carboxylic acids is 1. The van der Waals surface area contributed by atoms with Crippen molar-refractivity contribution in [2.45, 2.75) is 39.3 Å². The molecule has 0 radical (unpaired) electrons. The van der Waals surface area contributed by atoms with Crippen molar-refractivity contribution in [3.63, 3.8) is 0 Å². The van der Waals surface area contributed by atoms with Crippen molar-refractivity contribution in [3.8, 4) is 11.5 Å². The molecule has 0 spiro atoms. The Morgan fingerprint density at radius 3 is 2.77 bits per heavy atom. The molecule has 3 aromatic rings. The number of hydrogen-bond acceptors (Lipinski definition) is 4. The summed E-state index contributed by atoms with van der Waals surface area (Å²) >= 11 is 6.41. The first-order chi connectivity index (χ1) is 14.5. The molecule has 0 amide bonds. The second-order valence-electron chi connectivity index (χ2n) is 7.02. The molecule has 0 saturated heterocycles. The lowest BCUT2D eigenvalue weighted by molar-refractivity contribution is -0.139. The van der Waals surface area contributed by atoms with E-state index < -0.39 is 12.0 Å². The maximum absolute atomic E-state index is 11.8. The largest absolute Gasteiger partial charge is 0.490 e. The van der Waals surface area contributed by atoms with Crippen LogP contribution in [0.4, 0.5) is 0 Å². The maximum atomic E-state index is 11.8. The number of rotatable bonds is 11. The predicted molar refractivity (Wildman–Crippen MR) is 119 cm³/mol. The minimum absolute atomic E-state index is 0.340. The summed E-state index contributed by atoms with van der Waals surface area (Å²) < 4.78 is 11.4. The van der Waals surface area contributed by atoms with Crippen LogP contribution < -0.4 is 14.8 Å². The average Bonchev–Trinajstić information content (AvgIpc) is 3.13. The van der Waals surface area contributed by atoms with Crippen LogP contribution in [0, 0.1) is 0 Å². The van der Waals surface area contributed by atoms with Gasteiger partial charge in [0.05, 0.1) is 18.2 Å². The van der Waals surface area contributed by atoms with E-state index in [1.807, 2.05) is 50.4 Å². The lowest BCUT2D eigenvalue weighted by atomic mass is 10.0. The van der Waals surface area contributed by atoms with Gasteiger partial charge in [-0.2, -0.15) is 0 Å². The zero-order valence-corrected chi connectivity index (χ0v) is 18.0. The minimum Gasteiger partial charge on any atom is -0.490 e. The first-order valence-electron chi connectivity index (χ1n) is 10.1. The van der Waals surface area contributed by atoms with Crippen molar-refractivity contribution >= 4 is 28.5 Å². The van der Waals surface area contributed by atoms with Crippen LogP contribution in [0.2, 0.25) is 5.02 Å². The number of hydrogen-bond donors (Lipinski definition) is 3. The molecule has 0 saturated carbocycles. The summed E-state index contributed by atoms with van der Waals surface area (Å²) in [6.45, 7) is 5.28. The predicted octanol–water partition coefficient (Wildman–Crippen LogP) is 4.79. The number of benzene rings is 2. The number of fused-ring (bicyclic) bond motifs is 1. The van der Waals surface area contributed by atoms with Crippen molar-refractivity contribution in [2.24, 2.45) is 0 Å². The second-order valence-corrected chi connectivity index (χ2v) is 7.43. The Kier molecular flexibility index (Phi) is 7.60. The number of para-hydroxylation sites is 1. The molecule has 0 aliphatic carbocycles. The highest BCUT2D eigenvalue weighted by atomic mass is 35.5. The summed E-state index contributed by atoms with van der Waals surface area (Å²) in [7, 11) is 0. The zero-order valence-electron chi connectivity index (χ0n) is 17.2. The SMILES string of the molecule is CCCOc1c(Cl)cc(CNC(Cc2c[nH]c3ccccc23)C(=O)O)cc1OCC. The van der Waals surface area contributed by atoms with E-state index in [0.29, 0.717) is 42.7 Å². The summed E-state index contributed by atoms with van der Waals surface area (Å²) in [6, 6.07) is 10.7. The van der Waals surface area contributed by atoms with Crippen molar-refractivity contribution in [2.75, 3.05) is 13.2 Å². The quantitative estimate of drug-likeness (QED) is 0.407. The van der Waals surface area contributed by atoms with Crippen LogP contribution in [0.1, 0.15) is 31.4 Å². The van der Waals surface area contributed by atoms with Crippen molar-refractivity contribution in [3.05, 3.63) is 58.7 Å². The number of carbonyl (C=O) groups is 1. The van der Waals surface area contributed by atoms with E-state index in [0.717, 1.165) is 28.5 Å². The molecular weight excluding hydrogens is 404 g/mol. The van der Waals surface area contributed by atoms with Gasteiger partial charge in [-0.15, -0.1) is 0 Å². The van der Waals surface area contributed by atoms with Crippen LogP contribution >= 0.6 is 11.6 Å². The van der Waals surface area contributed by atoms with Crippen LogP contribution in [0.5, 0.6) is 11.5 Å². The summed E-state index contributed by atoms with van der Waals surface area (Å²) in [4.78, 5) is 15.0. The van der Waals surface area contributed by atoms with Crippen molar-refractivity contribution in [1.29, 1.82) is 0 Å². The van der Waals surface area contributed by atoms with Gasteiger partial charge in [-0.3, -0.25) is 4.79 Å². The Morgan fingerprint density at radius 2 is 2.03 bits per heavy atom. The Balaban J connectivity index is 1.75. The molecule has 1 unspecified atom stereocenters. The molecule has 7 heteroatoms. The van der Waals surface area contributed by atoms with Gasteiger partial charge in [0.25, 0.3) is 0 Å². The van der Waals surface area contributed by atoms with Gasteiger partial charge in [0.2, 0.25) is 0 Å². The molecule has 0 aliphatic heterocycles. The Bertz CT molecular complexity index is 1000. The van der Waals surface area contributed by atoms with Crippen LogP contribution in [0.25, 0.3) is 10.9 Å². The third-order valence-electron chi connectivity index (χ3n) is 4.77. The molecule has 0 aliphatic rings. The fourth-order valence-corrected chi connectivity index (χ4v) is 3.63. The Labute approximate surface area is 181 Å². The van der Waals surface area contributed by atoms with Crippen LogP contribution in [-0.4, -0.2) is 35.3 Å². The van der Waals surface area contributed by atoms with E-state index in [1.165, 1.54) is 0 Å². The number of aliphatic carboxylic acids is 1. The number of nitrogens with one attached hydrogen (secondary N) is 2. The molecule has 1 heterocycles. The van der Waals surface area contributed by atoms with E-state index in [4.69, 9.17) is 21.1 Å². The molecule has 1 atom stereocenters. The lowest BCUT2D eigenvalue weighted by Gasteiger charge is -2.17. The first kappa shape index (κ1) is 22.0. The number of H-pyrrole nitrogens is 1. The molecule has 1 aromatic heterocycles. The molecule has 3 N–H and O–H groups in total. The molecule has 2 aromatic carbocycles. The molecule has 160 valence electrons. The minimum atomic E-state index is -0.903. The topological polar surface area (TPSA) is 83.6 Å². The standard InChI is InChI=1S/C23H27ClN2O4/c1-3-9-30-22-18(24)10-15(11-21(22)29-4-2)13-25-20(23(27)28)12-16-14-26-19-8-6-5-7-17(16)19/h5-8,10-11,14,20,25-26H,3-4,9,12-13H2,1-2H3,(H,27,28). The number of halogens is 1. The van der Waals surface area contributed by atoms with Gasteiger partial charge in [-0.25, -0.2) is 0 Å². The molecular formula is C23H27ClN2O4. The number of aromatic nitrogens is 1. The van der Waals surface area contributed by atoms with E-state index in [1.54, 1.807) is 6.07 Å². The molecule has 3 rings (SSSR count). The summed E-state index contributed by atoms with van der Waals surface area (Å²) in [5, 5.41) is 14.3. The highest BCUT2D eigenvalue weighted by molar-refractivity contribution is 6.32. The van der Waals surface area contributed by atoms with Crippen molar-refractivity contribution in [1.82, 2.24) is 10.3 Å². The van der Waals surface area contributed by atoms with Crippen molar-refractivity contribution < 1.29 is 19.4 Å². The van der Waals surface area contributed by atoms with Gasteiger partial charge in [0, 0.05) is 30.1 Å². The molecule has 0 bridgehead atoms. The molecule has 30 heavy (non-hydrogen) atoms. The second kappa shape index (κ2) is 10.4. The average molecular weight is 431 g/mol. The summed E-state index contributed by atoms with van der Waals surface area (Å²) in [5.41, 5.74) is 2.78. The van der Waals surface area contributed by atoms with Crippen LogP contribution in [0.3, 0.4) is 0 Å². The first-order valence-corrected chi connectivity index (χ1v) is 10.5. The highest BCUT2D eigenvalue weighted by Gasteiger charge is 2.20. The van der Waals surface area contributed by atoms with Crippen LogP contribution in [-0.2, 0) is 17.8 Å². The number of aromatic amines is 1. The zero-order chi connectivity index (χ0) is 21.5. The summed E-state index contributed by atoms with van der Waals surface area (Å²) in [5.74, 6) is 0.191. The van der Waals surface area contributed by atoms with Gasteiger partial charge in [0.15, 0.2) is 11.5 Å². The normalized spacial score (nSPS) is 12.1. The van der Waals surface area contributed by atoms with E-state index in [2.05, 4.69) is 10.3 Å². The summed E-state index contributed by atoms with van der Waals surface area (Å²) in [6.07, 6.45) is 3.09. The van der Waals surface area contributed by atoms with E-state index in [9.17, 15) is 9.90 Å². The molecule has 0 fully saturated rings.